The minimum absolute atomic E-state index is 0.0570. The highest BCUT2D eigenvalue weighted by atomic mass is 16.5. The average Bonchev–Trinajstić information content (AvgIpc) is 2.77. The zero-order valence-corrected chi connectivity index (χ0v) is 17.1. The Morgan fingerprint density at radius 1 is 1.21 bits per heavy atom. The Morgan fingerprint density at radius 2 is 1.89 bits per heavy atom. The number of carbonyl (C=O) groups is 1. The Kier molecular flexibility index (Phi) is 7.71. The van der Waals surface area contributed by atoms with Crippen molar-refractivity contribution in [3.05, 3.63) is 35.9 Å². The highest BCUT2D eigenvalue weighted by molar-refractivity contribution is 5.73. The second-order valence-electron chi connectivity index (χ2n) is 8.18. The molecule has 1 atom stereocenters. The molecule has 0 radical (unpaired) electrons. The Balaban J connectivity index is 1.49. The molecule has 1 aliphatic carbocycles. The van der Waals surface area contributed by atoms with Gasteiger partial charge in [-0.3, -0.25) is 4.90 Å². The van der Waals surface area contributed by atoms with Crippen LogP contribution in [0.1, 0.15) is 50.2 Å². The Labute approximate surface area is 168 Å². The molecule has 1 aromatic carbocycles. The van der Waals surface area contributed by atoms with Crippen LogP contribution in [0.4, 0.5) is 4.79 Å². The molecule has 156 valence electrons. The van der Waals surface area contributed by atoms with Gasteiger partial charge in [-0.25, -0.2) is 4.79 Å². The number of amides is 2. The van der Waals surface area contributed by atoms with Crippen LogP contribution < -0.4 is 5.32 Å². The number of hydrogen-bond acceptors (Lipinski definition) is 4. The van der Waals surface area contributed by atoms with Crippen molar-refractivity contribution in [2.75, 3.05) is 46.4 Å². The molecule has 28 heavy (non-hydrogen) atoms. The number of carbonyl (C=O) groups excluding carboxylic acids is 1. The van der Waals surface area contributed by atoms with Gasteiger partial charge in [0.2, 0.25) is 0 Å². The molecular formula is C22H35N3O3. The number of ether oxygens (including phenoxy) is 1. The summed E-state index contributed by atoms with van der Waals surface area (Å²) in [5.41, 5.74) is 0.965. The number of urea groups is 1. The number of hydrogen-bond donors (Lipinski definition) is 2. The lowest BCUT2D eigenvalue weighted by Crippen LogP contribution is -2.60. The van der Waals surface area contributed by atoms with Gasteiger partial charge < -0.3 is 20.1 Å². The Morgan fingerprint density at radius 3 is 2.57 bits per heavy atom. The van der Waals surface area contributed by atoms with E-state index in [9.17, 15) is 9.90 Å². The molecule has 1 saturated heterocycles. The maximum Gasteiger partial charge on any atom is 0.317 e. The molecule has 1 aromatic rings. The van der Waals surface area contributed by atoms with Crippen LogP contribution in [0, 0.1) is 0 Å². The monoisotopic (exact) mass is 389 g/mol. The fourth-order valence-electron chi connectivity index (χ4n) is 4.49. The molecule has 1 aliphatic heterocycles. The summed E-state index contributed by atoms with van der Waals surface area (Å²) in [6.07, 6.45) is 6.01. The standard InChI is InChI=1S/C22H35N3O3/c1-24(13-10-20(26)19-8-4-2-5-9-19)21(27)23-18-22(11-6-3-7-12-22)25-14-16-28-17-15-25/h2,4-5,8-9,20,26H,3,6-7,10-18H2,1H3,(H,23,27). The molecule has 6 heteroatoms. The van der Waals surface area contributed by atoms with E-state index in [1.54, 1.807) is 11.9 Å². The summed E-state index contributed by atoms with van der Waals surface area (Å²) in [5.74, 6) is 0. The summed E-state index contributed by atoms with van der Waals surface area (Å²) in [7, 11) is 1.80. The average molecular weight is 390 g/mol. The Hall–Kier alpha value is -1.63. The van der Waals surface area contributed by atoms with Gasteiger partial charge in [-0.15, -0.1) is 0 Å². The van der Waals surface area contributed by atoms with Crippen LogP contribution in [0.2, 0.25) is 0 Å². The molecule has 0 bridgehead atoms. The molecule has 3 rings (SSSR count). The second-order valence-corrected chi connectivity index (χ2v) is 8.18. The predicted octanol–water partition coefficient (Wildman–Crippen LogP) is 2.79. The molecule has 1 heterocycles. The quantitative estimate of drug-likeness (QED) is 0.753. The van der Waals surface area contributed by atoms with Crippen molar-refractivity contribution >= 4 is 6.03 Å². The number of nitrogens with one attached hydrogen (secondary N) is 1. The summed E-state index contributed by atoms with van der Waals surface area (Å²) in [6, 6.07) is 9.55. The summed E-state index contributed by atoms with van der Waals surface area (Å²) >= 11 is 0. The van der Waals surface area contributed by atoms with Crippen LogP contribution in [0.25, 0.3) is 0 Å². The van der Waals surface area contributed by atoms with Gasteiger partial charge in [0.1, 0.15) is 0 Å². The summed E-state index contributed by atoms with van der Waals surface area (Å²) in [4.78, 5) is 16.9. The first-order valence-corrected chi connectivity index (χ1v) is 10.7. The number of aliphatic hydroxyl groups is 1. The fraction of sp³-hybridized carbons (Fsp3) is 0.682. The largest absolute Gasteiger partial charge is 0.388 e. The third-order valence-corrected chi connectivity index (χ3v) is 6.30. The number of morpholine rings is 1. The predicted molar refractivity (Wildman–Crippen MR) is 110 cm³/mol. The number of aliphatic hydroxyl groups excluding tert-OH is 1. The molecule has 2 amide bonds. The van der Waals surface area contributed by atoms with Crippen molar-refractivity contribution in [2.45, 2.75) is 50.2 Å². The highest BCUT2D eigenvalue weighted by Gasteiger charge is 2.39. The van der Waals surface area contributed by atoms with Crippen molar-refractivity contribution in [3.63, 3.8) is 0 Å². The Bertz CT molecular complexity index is 598. The van der Waals surface area contributed by atoms with Crippen molar-refractivity contribution in [2.24, 2.45) is 0 Å². The van der Waals surface area contributed by atoms with Gasteiger partial charge in [-0.1, -0.05) is 49.6 Å². The van der Waals surface area contributed by atoms with Crippen LogP contribution in [-0.4, -0.2) is 72.9 Å². The van der Waals surface area contributed by atoms with E-state index in [1.807, 2.05) is 30.3 Å². The van der Waals surface area contributed by atoms with Gasteiger partial charge in [0, 0.05) is 38.8 Å². The lowest BCUT2D eigenvalue weighted by Gasteiger charge is -2.48. The van der Waals surface area contributed by atoms with E-state index >= 15 is 0 Å². The van der Waals surface area contributed by atoms with E-state index in [1.165, 1.54) is 19.3 Å². The van der Waals surface area contributed by atoms with Crippen molar-refractivity contribution < 1.29 is 14.6 Å². The molecule has 6 nitrogen and oxygen atoms in total. The van der Waals surface area contributed by atoms with Crippen molar-refractivity contribution in [1.29, 1.82) is 0 Å². The van der Waals surface area contributed by atoms with E-state index in [0.29, 0.717) is 19.5 Å². The smallest absolute Gasteiger partial charge is 0.317 e. The van der Waals surface area contributed by atoms with Crippen molar-refractivity contribution in [1.82, 2.24) is 15.1 Å². The molecule has 2 N–H and O–H groups in total. The summed E-state index contributed by atoms with van der Waals surface area (Å²) < 4.78 is 5.53. The SMILES string of the molecule is CN(CCC(O)c1ccccc1)C(=O)NCC1(N2CCOCC2)CCCCC1. The lowest BCUT2D eigenvalue weighted by atomic mass is 9.80. The van der Waals surface area contributed by atoms with Crippen LogP contribution in [0.5, 0.6) is 0 Å². The van der Waals surface area contributed by atoms with Gasteiger partial charge in [0.25, 0.3) is 0 Å². The van der Waals surface area contributed by atoms with E-state index in [-0.39, 0.29) is 11.6 Å². The lowest BCUT2D eigenvalue weighted by molar-refractivity contribution is -0.0360. The highest BCUT2D eigenvalue weighted by Crippen LogP contribution is 2.33. The van der Waals surface area contributed by atoms with Gasteiger partial charge in [-0.2, -0.15) is 0 Å². The molecule has 0 aromatic heterocycles. The summed E-state index contributed by atoms with van der Waals surface area (Å²) in [5, 5.41) is 13.5. The maximum absolute atomic E-state index is 12.6. The van der Waals surface area contributed by atoms with Crippen molar-refractivity contribution in [3.8, 4) is 0 Å². The zero-order valence-electron chi connectivity index (χ0n) is 17.1. The topological polar surface area (TPSA) is 65.0 Å². The second kappa shape index (κ2) is 10.2. The van der Waals surface area contributed by atoms with Crippen LogP contribution >= 0.6 is 0 Å². The molecule has 0 spiro atoms. The van der Waals surface area contributed by atoms with E-state index < -0.39 is 6.10 Å². The summed E-state index contributed by atoms with van der Waals surface area (Å²) in [6.45, 7) is 4.69. The number of rotatable bonds is 7. The number of benzene rings is 1. The van der Waals surface area contributed by atoms with E-state index in [0.717, 1.165) is 44.7 Å². The number of nitrogens with zero attached hydrogens (tertiary/aromatic N) is 2. The first-order chi connectivity index (χ1) is 13.6. The molecule has 1 unspecified atom stereocenters. The van der Waals surface area contributed by atoms with E-state index in [2.05, 4.69) is 10.2 Å². The fourth-order valence-corrected chi connectivity index (χ4v) is 4.49. The molecule has 2 fully saturated rings. The van der Waals surface area contributed by atoms with Gasteiger partial charge in [-0.05, 0) is 24.8 Å². The van der Waals surface area contributed by atoms with Gasteiger partial charge in [0.05, 0.1) is 19.3 Å². The molecular weight excluding hydrogens is 354 g/mol. The first kappa shape index (κ1) is 21.1. The molecule has 2 aliphatic rings. The van der Waals surface area contributed by atoms with Gasteiger partial charge in [0.15, 0.2) is 0 Å². The minimum Gasteiger partial charge on any atom is -0.388 e. The van der Waals surface area contributed by atoms with Crippen LogP contribution in [0.15, 0.2) is 30.3 Å². The van der Waals surface area contributed by atoms with Crippen LogP contribution in [0.3, 0.4) is 0 Å². The maximum atomic E-state index is 12.6. The minimum atomic E-state index is -0.547. The first-order valence-electron chi connectivity index (χ1n) is 10.7. The third kappa shape index (κ3) is 5.46. The molecule has 1 saturated carbocycles. The van der Waals surface area contributed by atoms with Crippen LogP contribution in [-0.2, 0) is 4.74 Å². The third-order valence-electron chi connectivity index (χ3n) is 6.30. The van der Waals surface area contributed by atoms with Gasteiger partial charge >= 0.3 is 6.03 Å². The zero-order chi connectivity index (χ0) is 19.8. The normalized spacial score (nSPS) is 21.1. The van der Waals surface area contributed by atoms with E-state index in [4.69, 9.17) is 4.74 Å².